The molecule has 2 rings (SSSR count). The molecule has 23 heavy (non-hydrogen) atoms. The second-order valence-electron chi connectivity index (χ2n) is 4.92. The monoisotopic (exact) mass is 375 g/mol. The Balaban J connectivity index is 0.00000242. The SMILES string of the molecule is CCc1nc(CCNC(=O)C(N)Cc2ccccc2)cs1.Cl.Cl. The van der Waals surface area contributed by atoms with E-state index in [1.165, 1.54) is 0 Å². The molecule has 0 aliphatic rings. The number of hydrogen-bond donors (Lipinski definition) is 2. The lowest BCUT2D eigenvalue weighted by molar-refractivity contribution is -0.122. The summed E-state index contributed by atoms with van der Waals surface area (Å²) in [6.45, 7) is 2.67. The number of thiazole rings is 1. The summed E-state index contributed by atoms with van der Waals surface area (Å²) >= 11 is 1.67. The lowest BCUT2D eigenvalue weighted by atomic mass is 10.1. The molecule has 1 aromatic carbocycles. The molecule has 0 aliphatic carbocycles. The molecule has 1 unspecified atom stereocenters. The maximum Gasteiger partial charge on any atom is 0.237 e. The molecule has 0 spiro atoms. The first-order chi connectivity index (χ1) is 10.2. The fourth-order valence-corrected chi connectivity index (χ4v) is 2.81. The van der Waals surface area contributed by atoms with Crippen molar-refractivity contribution in [3.63, 3.8) is 0 Å². The smallest absolute Gasteiger partial charge is 0.237 e. The molecule has 1 heterocycles. The van der Waals surface area contributed by atoms with Crippen molar-refractivity contribution in [3.8, 4) is 0 Å². The predicted molar refractivity (Wildman–Crippen MR) is 101 cm³/mol. The molecule has 0 bridgehead atoms. The number of carbonyl (C=O) groups excluding carboxylic acids is 1. The van der Waals surface area contributed by atoms with E-state index in [0.29, 0.717) is 13.0 Å². The first kappa shape index (κ1) is 21.9. The molecule has 1 atom stereocenters. The molecule has 0 aliphatic heterocycles. The molecule has 4 nitrogen and oxygen atoms in total. The number of amides is 1. The minimum Gasteiger partial charge on any atom is -0.354 e. The highest BCUT2D eigenvalue weighted by Gasteiger charge is 2.13. The average Bonchev–Trinajstić information content (AvgIpc) is 2.96. The van der Waals surface area contributed by atoms with Crippen LogP contribution in [0.2, 0.25) is 0 Å². The summed E-state index contributed by atoms with van der Waals surface area (Å²) in [5, 5.41) is 6.07. The third-order valence-electron chi connectivity index (χ3n) is 3.22. The molecule has 0 saturated carbocycles. The quantitative estimate of drug-likeness (QED) is 0.781. The highest BCUT2D eigenvalue weighted by atomic mass is 35.5. The van der Waals surface area contributed by atoms with Gasteiger partial charge in [-0.05, 0) is 18.4 Å². The van der Waals surface area contributed by atoms with Crippen LogP contribution in [-0.4, -0.2) is 23.5 Å². The van der Waals surface area contributed by atoms with E-state index in [-0.39, 0.29) is 30.7 Å². The molecule has 0 saturated heterocycles. The Labute approximate surface area is 153 Å². The molecule has 3 N–H and O–H groups in total. The Morgan fingerprint density at radius 3 is 2.61 bits per heavy atom. The van der Waals surface area contributed by atoms with Gasteiger partial charge in [0.1, 0.15) is 0 Å². The molecular formula is C16H23Cl2N3OS. The van der Waals surface area contributed by atoms with Gasteiger partial charge < -0.3 is 11.1 Å². The van der Waals surface area contributed by atoms with E-state index >= 15 is 0 Å². The molecule has 7 heteroatoms. The zero-order chi connectivity index (χ0) is 15.1. The maximum atomic E-state index is 11.9. The standard InChI is InChI=1S/C16H21N3OS.2ClH/c1-2-15-19-13(11-21-15)8-9-18-16(20)14(17)10-12-6-4-3-5-7-12;;/h3-7,11,14H,2,8-10,17H2,1H3,(H,18,20);2*1H. The van der Waals surface area contributed by atoms with Crippen LogP contribution < -0.4 is 11.1 Å². The van der Waals surface area contributed by atoms with Crippen molar-refractivity contribution in [2.24, 2.45) is 5.73 Å². The number of aryl methyl sites for hydroxylation is 1. The van der Waals surface area contributed by atoms with Crippen molar-refractivity contribution in [2.75, 3.05) is 6.54 Å². The minimum absolute atomic E-state index is 0. The third kappa shape index (κ3) is 7.31. The van der Waals surface area contributed by atoms with E-state index in [1.54, 1.807) is 11.3 Å². The van der Waals surface area contributed by atoms with Gasteiger partial charge in [0.15, 0.2) is 0 Å². The van der Waals surface area contributed by atoms with Crippen LogP contribution in [0.25, 0.3) is 0 Å². The van der Waals surface area contributed by atoms with Crippen LogP contribution >= 0.6 is 36.2 Å². The predicted octanol–water partition coefficient (Wildman–Crippen LogP) is 2.78. The van der Waals surface area contributed by atoms with E-state index in [2.05, 4.69) is 22.6 Å². The maximum absolute atomic E-state index is 11.9. The van der Waals surface area contributed by atoms with Crippen LogP contribution in [0.3, 0.4) is 0 Å². The van der Waals surface area contributed by atoms with Crippen molar-refractivity contribution < 1.29 is 4.79 Å². The first-order valence-electron chi connectivity index (χ1n) is 7.19. The van der Waals surface area contributed by atoms with Crippen molar-refractivity contribution in [2.45, 2.75) is 32.2 Å². The van der Waals surface area contributed by atoms with Crippen LogP contribution in [-0.2, 0) is 24.1 Å². The molecule has 1 amide bonds. The van der Waals surface area contributed by atoms with Crippen molar-refractivity contribution in [3.05, 3.63) is 52.0 Å². The Morgan fingerprint density at radius 1 is 1.30 bits per heavy atom. The van der Waals surface area contributed by atoms with E-state index in [1.807, 2.05) is 30.3 Å². The Kier molecular flexibility index (Phi) is 10.8. The number of benzene rings is 1. The second-order valence-corrected chi connectivity index (χ2v) is 5.87. The number of nitrogens with one attached hydrogen (secondary N) is 1. The van der Waals surface area contributed by atoms with Crippen LogP contribution in [0.15, 0.2) is 35.7 Å². The minimum atomic E-state index is -0.506. The van der Waals surface area contributed by atoms with Gasteiger partial charge in [0.2, 0.25) is 5.91 Å². The summed E-state index contributed by atoms with van der Waals surface area (Å²) < 4.78 is 0. The fourth-order valence-electron chi connectivity index (χ4n) is 2.03. The molecular weight excluding hydrogens is 353 g/mol. The van der Waals surface area contributed by atoms with E-state index in [0.717, 1.165) is 29.1 Å². The Hall–Kier alpha value is -1.14. The van der Waals surface area contributed by atoms with Gasteiger partial charge in [0, 0.05) is 18.3 Å². The molecule has 1 aromatic heterocycles. The summed E-state index contributed by atoms with van der Waals surface area (Å²) in [5.41, 5.74) is 8.04. The van der Waals surface area contributed by atoms with E-state index < -0.39 is 6.04 Å². The average molecular weight is 376 g/mol. The van der Waals surface area contributed by atoms with Crippen LogP contribution in [0.1, 0.15) is 23.2 Å². The number of hydrogen-bond acceptors (Lipinski definition) is 4. The van der Waals surface area contributed by atoms with Crippen molar-refractivity contribution in [1.82, 2.24) is 10.3 Å². The lowest BCUT2D eigenvalue weighted by Crippen LogP contribution is -2.42. The van der Waals surface area contributed by atoms with Gasteiger partial charge in [0.05, 0.1) is 16.7 Å². The van der Waals surface area contributed by atoms with Gasteiger partial charge in [-0.15, -0.1) is 36.2 Å². The first-order valence-corrected chi connectivity index (χ1v) is 8.07. The lowest BCUT2D eigenvalue weighted by Gasteiger charge is -2.12. The topological polar surface area (TPSA) is 68.0 Å². The highest BCUT2D eigenvalue weighted by Crippen LogP contribution is 2.10. The Bertz CT molecular complexity index is 578. The van der Waals surface area contributed by atoms with Crippen molar-refractivity contribution in [1.29, 1.82) is 0 Å². The molecule has 128 valence electrons. The normalized spacial score (nSPS) is 11.0. The number of halogens is 2. The van der Waals surface area contributed by atoms with Gasteiger partial charge in [-0.1, -0.05) is 37.3 Å². The number of nitrogens with zero attached hydrogens (tertiary/aromatic N) is 1. The fraction of sp³-hybridized carbons (Fsp3) is 0.375. The van der Waals surface area contributed by atoms with Gasteiger partial charge >= 0.3 is 0 Å². The van der Waals surface area contributed by atoms with E-state index in [4.69, 9.17) is 5.73 Å². The van der Waals surface area contributed by atoms with Crippen LogP contribution in [0.5, 0.6) is 0 Å². The number of carbonyl (C=O) groups is 1. The highest BCUT2D eigenvalue weighted by molar-refractivity contribution is 7.09. The van der Waals surface area contributed by atoms with Gasteiger partial charge in [-0.3, -0.25) is 4.79 Å². The number of aromatic nitrogens is 1. The summed E-state index contributed by atoms with van der Waals surface area (Å²) in [6.07, 6.45) is 2.27. The van der Waals surface area contributed by atoms with Gasteiger partial charge in [-0.2, -0.15) is 0 Å². The van der Waals surface area contributed by atoms with E-state index in [9.17, 15) is 4.79 Å². The molecule has 0 fully saturated rings. The molecule has 2 aromatic rings. The second kappa shape index (κ2) is 11.4. The van der Waals surface area contributed by atoms with Crippen LogP contribution in [0, 0.1) is 0 Å². The number of nitrogens with two attached hydrogens (primary N) is 1. The van der Waals surface area contributed by atoms with Gasteiger partial charge in [-0.25, -0.2) is 4.98 Å². The largest absolute Gasteiger partial charge is 0.354 e. The zero-order valence-corrected chi connectivity index (χ0v) is 15.5. The third-order valence-corrected chi connectivity index (χ3v) is 4.26. The summed E-state index contributed by atoms with van der Waals surface area (Å²) in [4.78, 5) is 16.4. The molecule has 0 radical (unpaired) electrons. The van der Waals surface area contributed by atoms with Gasteiger partial charge in [0.25, 0.3) is 0 Å². The summed E-state index contributed by atoms with van der Waals surface area (Å²) in [7, 11) is 0. The Morgan fingerprint density at radius 2 is 2.00 bits per heavy atom. The van der Waals surface area contributed by atoms with Crippen molar-refractivity contribution >= 4 is 42.1 Å². The summed E-state index contributed by atoms with van der Waals surface area (Å²) in [5.74, 6) is -0.107. The summed E-state index contributed by atoms with van der Waals surface area (Å²) in [6, 6.07) is 9.31. The van der Waals surface area contributed by atoms with Crippen LogP contribution in [0.4, 0.5) is 0 Å². The zero-order valence-electron chi connectivity index (χ0n) is 13.0. The number of rotatable bonds is 7.